The lowest BCUT2D eigenvalue weighted by Crippen LogP contribution is -2.00. The molecule has 0 bridgehead atoms. The number of methoxy groups -OCH3 is 1. The van der Waals surface area contributed by atoms with Crippen molar-refractivity contribution in [2.24, 2.45) is 0 Å². The van der Waals surface area contributed by atoms with E-state index in [1.165, 1.54) is 25.3 Å². The Bertz CT molecular complexity index is 584. The van der Waals surface area contributed by atoms with Gasteiger partial charge < -0.3 is 9.84 Å². The van der Waals surface area contributed by atoms with Gasteiger partial charge in [-0.2, -0.15) is 0 Å². The normalized spacial score (nSPS) is 10.1. The maximum atomic E-state index is 13.2. The third-order valence-corrected chi connectivity index (χ3v) is 2.30. The summed E-state index contributed by atoms with van der Waals surface area (Å²) in [5.41, 5.74) is 0.337. The van der Waals surface area contributed by atoms with E-state index in [1.54, 1.807) is 0 Å². The van der Waals surface area contributed by atoms with Crippen molar-refractivity contribution in [1.29, 1.82) is 0 Å². The summed E-state index contributed by atoms with van der Waals surface area (Å²) in [6.07, 6.45) is 2.32. The van der Waals surface area contributed by atoms with E-state index in [1.807, 2.05) is 0 Å². The van der Waals surface area contributed by atoms with E-state index < -0.39 is 11.8 Å². The number of hydrogen-bond acceptors (Lipinski definition) is 4. The van der Waals surface area contributed by atoms with Crippen LogP contribution in [-0.2, 0) is 0 Å². The van der Waals surface area contributed by atoms with Crippen LogP contribution >= 0.6 is 0 Å². The SMILES string of the molecule is COc1ccc(F)cc1-c1ncc(C(=O)O)cn1. The van der Waals surface area contributed by atoms with Crippen molar-refractivity contribution in [3.63, 3.8) is 0 Å². The smallest absolute Gasteiger partial charge is 0.338 e. The fourth-order valence-corrected chi connectivity index (χ4v) is 1.43. The van der Waals surface area contributed by atoms with E-state index in [0.29, 0.717) is 11.3 Å². The average molecular weight is 248 g/mol. The van der Waals surface area contributed by atoms with Gasteiger partial charge in [0.2, 0.25) is 0 Å². The second-order valence-corrected chi connectivity index (χ2v) is 3.45. The fraction of sp³-hybridized carbons (Fsp3) is 0.0833. The van der Waals surface area contributed by atoms with Crippen LogP contribution < -0.4 is 4.74 Å². The van der Waals surface area contributed by atoms with Gasteiger partial charge in [0, 0.05) is 12.4 Å². The third kappa shape index (κ3) is 2.27. The highest BCUT2D eigenvalue weighted by Crippen LogP contribution is 2.27. The Morgan fingerprint density at radius 3 is 2.56 bits per heavy atom. The van der Waals surface area contributed by atoms with Crippen LogP contribution in [0.1, 0.15) is 10.4 Å². The number of nitrogens with zero attached hydrogens (tertiary/aromatic N) is 2. The van der Waals surface area contributed by atoms with Crippen LogP contribution in [0.5, 0.6) is 5.75 Å². The summed E-state index contributed by atoms with van der Waals surface area (Å²) < 4.78 is 18.2. The summed E-state index contributed by atoms with van der Waals surface area (Å²) in [6.45, 7) is 0. The molecule has 5 nitrogen and oxygen atoms in total. The van der Waals surface area contributed by atoms with E-state index in [-0.39, 0.29) is 11.4 Å². The molecule has 0 amide bonds. The van der Waals surface area contributed by atoms with Crippen molar-refractivity contribution in [3.8, 4) is 17.1 Å². The topological polar surface area (TPSA) is 72.3 Å². The molecule has 18 heavy (non-hydrogen) atoms. The van der Waals surface area contributed by atoms with E-state index in [0.717, 1.165) is 12.4 Å². The number of ether oxygens (including phenoxy) is 1. The van der Waals surface area contributed by atoms with Crippen LogP contribution in [0.15, 0.2) is 30.6 Å². The van der Waals surface area contributed by atoms with E-state index in [9.17, 15) is 9.18 Å². The second-order valence-electron chi connectivity index (χ2n) is 3.45. The lowest BCUT2D eigenvalue weighted by atomic mass is 10.1. The molecular formula is C12H9FN2O3. The Labute approximate surface area is 102 Å². The fourth-order valence-electron chi connectivity index (χ4n) is 1.43. The number of hydrogen-bond donors (Lipinski definition) is 1. The molecule has 0 fully saturated rings. The number of rotatable bonds is 3. The summed E-state index contributed by atoms with van der Waals surface area (Å²) in [5, 5.41) is 8.73. The number of carboxylic acid groups (broad SMARTS) is 1. The van der Waals surface area contributed by atoms with Gasteiger partial charge in [-0.3, -0.25) is 0 Å². The highest BCUT2D eigenvalue weighted by atomic mass is 19.1. The predicted octanol–water partition coefficient (Wildman–Crippen LogP) is 1.99. The molecule has 1 aromatic carbocycles. The Hall–Kier alpha value is -2.50. The molecule has 0 aliphatic rings. The zero-order valence-corrected chi connectivity index (χ0v) is 9.42. The number of carboxylic acids is 1. The van der Waals surface area contributed by atoms with Crippen LogP contribution in [0.3, 0.4) is 0 Å². The first-order valence-electron chi connectivity index (χ1n) is 5.01. The van der Waals surface area contributed by atoms with Gasteiger partial charge >= 0.3 is 5.97 Å². The van der Waals surface area contributed by atoms with Crippen molar-refractivity contribution < 1.29 is 19.0 Å². The van der Waals surface area contributed by atoms with Gasteiger partial charge in [-0.15, -0.1) is 0 Å². The molecule has 1 aromatic heterocycles. The Balaban J connectivity index is 2.48. The molecule has 2 rings (SSSR count). The first-order valence-corrected chi connectivity index (χ1v) is 5.01. The largest absolute Gasteiger partial charge is 0.496 e. The highest BCUT2D eigenvalue weighted by Gasteiger charge is 2.11. The number of aromatic nitrogens is 2. The van der Waals surface area contributed by atoms with E-state index in [4.69, 9.17) is 9.84 Å². The molecule has 0 atom stereocenters. The zero-order chi connectivity index (χ0) is 13.1. The monoisotopic (exact) mass is 248 g/mol. The van der Waals surface area contributed by atoms with E-state index >= 15 is 0 Å². The first-order chi connectivity index (χ1) is 8.61. The molecule has 0 spiro atoms. The van der Waals surface area contributed by atoms with Gasteiger partial charge in [0.25, 0.3) is 0 Å². The maximum absolute atomic E-state index is 13.2. The maximum Gasteiger partial charge on any atom is 0.338 e. The van der Waals surface area contributed by atoms with Crippen molar-refractivity contribution in [2.75, 3.05) is 7.11 Å². The molecule has 2 aromatic rings. The Kier molecular flexibility index (Phi) is 3.18. The minimum absolute atomic E-state index is 0.0332. The quantitative estimate of drug-likeness (QED) is 0.899. The Morgan fingerprint density at radius 1 is 1.33 bits per heavy atom. The summed E-state index contributed by atoms with van der Waals surface area (Å²) in [4.78, 5) is 18.4. The minimum atomic E-state index is -1.12. The van der Waals surface area contributed by atoms with Crippen molar-refractivity contribution in [3.05, 3.63) is 42.0 Å². The van der Waals surface area contributed by atoms with E-state index in [2.05, 4.69) is 9.97 Å². The molecule has 0 aliphatic carbocycles. The number of benzene rings is 1. The van der Waals surface area contributed by atoms with Gasteiger partial charge in [0.15, 0.2) is 5.82 Å². The lowest BCUT2D eigenvalue weighted by Gasteiger charge is -2.07. The molecule has 0 unspecified atom stereocenters. The molecule has 0 saturated heterocycles. The van der Waals surface area contributed by atoms with Crippen molar-refractivity contribution >= 4 is 5.97 Å². The van der Waals surface area contributed by atoms with Gasteiger partial charge in [0.1, 0.15) is 11.6 Å². The van der Waals surface area contributed by atoms with Crippen LogP contribution in [-0.4, -0.2) is 28.2 Å². The molecule has 0 saturated carbocycles. The lowest BCUT2D eigenvalue weighted by molar-refractivity contribution is 0.0696. The summed E-state index contributed by atoms with van der Waals surface area (Å²) in [6, 6.07) is 3.95. The highest BCUT2D eigenvalue weighted by molar-refractivity contribution is 5.87. The third-order valence-electron chi connectivity index (χ3n) is 2.30. The van der Waals surface area contributed by atoms with Crippen LogP contribution in [0, 0.1) is 5.82 Å². The van der Waals surface area contributed by atoms with Crippen LogP contribution in [0.2, 0.25) is 0 Å². The molecule has 1 heterocycles. The Morgan fingerprint density at radius 2 is 2.00 bits per heavy atom. The van der Waals surface area contributed by atoms with Gasteiger partial charge in [-0.25, -0.2) is 19.2 Å². The molecule has 0 aliphatic heterocycles. The standard InChI is InChI=1S/C12H9FN2O3/c1-18-10-3-2-8(13)4-9(10)11-14-5-7(6-15-11)12(16)17/h2-6H,1H3,(H,16,17). The molecule has 1 N–H and O–H groups in total. The summed E-state index contributed by atoms with van der Waals surface area (Å²) >= 11 is 0. The van der Waals surface area contributed by atoms with Gasteiger partial charge in [-0.05, 0) is 18.2 Å². The molecule has 6 heteroatoms. The predicted molar refractivity (Wildman–Crippen MR) is 60.9 cm³/mol. The van der Waals surface area contributed by atoms with Gasteiger partial charge in [0.05, 0.1) is 18.2 Å². The second kappa shape index (κ2) is 4.79. The molecule has 0 radical (unpaired) electrons. The zero-order valence-electron chi connectivity index (χ0n) is 9.42. The first kappa shape index (κ1) is 12.0. The number of carbonyl (C=O) groups is 1. The summed E-state index contributed by atoms with van der Waals surface area (Å²) in [7, 11) is 1.45. The number of aromatic carboxylic acids is 1. The van der Waals surface area contributed by atoms with Crippen molar-refractivity contribution in [1.82, 2.24) is 9.97 Å². The minimum Gasteiger partial charge on any atom is -0.496 e. The van der Waals surface area contributed by atoms with Crippen LogP contribution in [0.4, 0.5) is 4.39 Å². The van der Waals surface area contributed by atoms with Gasteiger partial charge in [-0.1, -0.05) is 0 Å². The average Bonchev–Trinajstić information content (AvgIpc) is 2.39. The molecule has 92 valence electrons. The summed E-state index contributed by atoms with van der Waals surface area (Å²) in [5.74, 6) is -0.944. The number of halogens is 1. The van der Waals surface area contributed by atoms with Crippen molar-refractivity contribution in [2.45, 2.75) is 0 Å². The molecular weight excluding hydrogens is 239 g/mol. The van der Waals surface area contributed by atoms with Crippen LogP contribution in [0.25, 0.3) is 11.4 Å².